The van der Waals surface area contributed by atoms with Crippen LogP contribution in [0.5, 0.6) is 0 Å². The van der Waals surface area contributed by atoms with Crippen molar-refractivity contribution in [2.45, 2.75) is 26.2 Å². The largest absolute Gasteiger partial charge is 0.481 e. The number of halogens is 1. The molecule has 2 atom stereocenters. The highest BCUT2D eigenvalue weighted by Gasteiger charge is 2.39. The van der Waals surface area contributed by atoms with Crippen LogP contribution >= 0.6 is 11.6 Å². The maximum Gasteiger partial charge on any atom is 0.308 e. The van der Waals surface area contributed by atoms with E-state index in [1.807, 2.05) is 19.1 Å². The van der Waals surface area contributed by atoms with Crippen molar-refractivity contribution in [3.05, 3.63) is 28.8 Å². The molecule has 2 heterocycles. The van der Waals surface area contributed by atoms with Gasteiger partial charge in [-0.3, -0.25) is 14.4 Å². The Kier molecular flexibility index (Phi) is 4.99. The van der Waals surface area contributed by atoms with E-state index in [9.17, 15) is 19.5 Å². The highest BCUT2D eigenvalue weighted by Crippen LogP contribution is 2.30. The Balaban J connectivity index is 1.70. The topological polar surface area (TPSA) is 77.9 Å². The summed E-state index contributed by atoms with van der Waals surface area (Å²) < 4.78 is 0. The van der Waals surface area contributed by atoms with Gasteiger partial charge in [0.1, 0.15) is 0 Å². The number of carbonyl (C=O) groups is 3. The van der Waals surface area contributed by atoms with Gasteiger partial charge in [0.25, 0.3) is 0 Å². The summed E-state index contributed by atoms with van der Waals surface area (Å²) in [7, 11) is 0. The van der Waals surface area contributed by atoms with E-state index < -0.39 is 17.8 Å². The van der Waals surface area contributed by atoms with Crippen molar-refractivity contribution in [2.24, 2.45) is 11.8 Å². The van der Waals surface area contributed by atoms with Crippen molar-refractivity contribution in [3.63, 3.8) is 0 Å². The molecule has 1 aromatic carbocycles. The average Bonchev–Trinajstić information content (AvgIpc) is 2.98. The van der Waals surface area contributed by atoms with Gasteiger partial charge in [-0.25, -0.2) is 0 Å². The van der Waals surface area contributed by atoms with E-state index in [1.165, 1.54) is 0 Å². The van der Waals surface area contributed by atoms with Crippen LogP contribution in [-0.2, 0) is 14.4 Å². The Morgan fingerprint density at radius 2 is 2.00 bits per heavy atom. The number of aryl methyl sites for hydroxylation is 1. The zero-order valence-electron chi connectivity index (χ0n) is 14.1. The van der Waals surface area contributed by atoms with Crippen molar-refractivity contribution in [3.8, 4) is 0 Å². The summed E-state index contributed by atoms with van der Waals surface area (Å²) in [5.74, 6) is -2.04. The van der Waals surface area contributed by atoms with E-state index in [2.05, 4.69) is 0 Å². The predicted molar refractivity (Wildman–Crippen MR) is 93.6 cm³/mol. The second-order valence-electron chi connectivity index (χ2n) is 6.80. The van der Waals surface area contributed by atoms with E-state index in [1.54, 1.807) is 15.9 Å². The van der Waals surface area contributed by atoms with Crippen LogP contribution in [0.2, 0.25) is 5.02 Å². The number of hydrogen-bond donors (Lipinski definition) is 1. The molecule has 1 N–H and O–H groups in total. The van der Waals surface area contributed by atoms with E-state index in [-0.39, 0.29) is 24.8 Å². The van der Waals surface area contributed by atoms with E-state index >= 15 is 0 Å². The third-order valence-electron chi connectivity index (χ3n) is 5.02. The first kappa shape index (κ1) is 17.7. The number of anilines is 1. The summed E-state index contributed by atoms with van der Waals surface area (Å²) in [5.41, 5.74) is 1.62. The SMILES string of the molecule is Cc1ccc(N2C[C@@H](C(=O)N3CCC[C@H](C(=O)O)C3)CC2=O)cc1Cl. The number of amides is 2. The van der Waals surface area contributed by atoms with Crippen LogP contribution < -0.4 is 4.90 Å². The molecular weight excluding hydrogens is 344 g/mol. The van der Waals surface area contributed by atoms with E-state index in [4.69, 9.17) is 11.6 Å². The van der Waals surface area contributed by atoms with Crippen LogP contribution in [0.1, 0.15) is 24.8 Å². The fourth-order valence-electron chi connectivity index (χ4n) is 3.51. The van der Waals surface area contributed by atoms with Crippen LogP contribution in [0.4, 0.5) is 5.69 Å². The number of piperidine rings is 1. The molecule has 3 rings (SSSR count). The molecule has 0 aliphatic carbocycles. The van der Waals surface area contributed by atoms with Crippen molar-refractivity contribution in [1.82, 2.24) is 4.90 Å². The summed E-state index contributed by atoms with van der Waals surface area (Å²) in [6.45, 7) is 2.99. The molecular formula is C18H21ClN2O4. The lowest BCUT2D eigenvalue weighted by atomic mass is 9.96. The molecule has 0 spiro atoms. The molecule has 6 nitrogen and oxygen atoms in total. The molecule has 1 aromatic rings. The zero-order valence-corrected chi connectivity index (χ0v) is 14.8. The van der Waals surface area contributed by atoms with Gasteiger partial charge in [0.05, 0.1) is 11.8 Å². The van der Waals surface area contributed by atoms with Crippen LogP contribution in [0.3, 0.4) is 0 Å². The second-order valence-corrected chi connectivity index (χ2v) is 7.21. The first-order chi connectivity index (χ1) is 11.9. The van der Waals surface area contributed by atoms with Gasteiger partial charge in [-0.15, -0.1) is 0 Å². The third-order valence-corrected chi connectivity index (χ3v) is 5.43. The molecule has 2 amide bonds. The van der Waals surface area contributed by atoms with E-state index in [0.29, 0.717) is 36.6 Å². The number of carboxylic acid groups (broad SMARTS) is 1. The number of carboxylic acids is 1. The average molecular weight is 365 g/mol. The molecule has 25 heavy (non-hydrogen) atoms. The lowest BCUT2D eigenvalue weighted by Crippen LogP contribution is -2.45. The third kappa shape index (κ3) is 3.63. The fraction of sp³-hybridized carbons (Fsp3) is 0.500. The first-order valence-electron chi connectivity index (χ1n) is 8.45. The van der Waals surface area contributed by atoms with E-state index in [0.717, 1.165) is 5.56 Å². The number of hydrogen-bond acceptors (Lipinski definition) is 3. The summed E-state index contributed by atoms with van der Waals surface area (Å²) in [5, 5.41) is 9.76. The highest BCUT2D eigenvalue weighted by atomic mass is 35.5. The quantitative estimate of drug-likeness (QED) is 0.892. The number of likely N-dealkylation sites (tertiary alicyclic amines) is 1. The lowest BCUT2D eigenvalue weighted by Gasteiger charge is -2.32. The van der Waals surface area contributed by atoms with Crippen molar-refractivity contribution in [2.75, 3.05) is 24.5 Å². The van der Waals surface area contributed by atoms with Gasteiger partial charge in [0.2, 0.25) is 11.8 Å². The Hall–Kier alpha value is -2.08. The van der Waals surface area contributed by atoms with Crippen LogP contribution in [0.15, 0.2) is 18.2 Å². The number of aliphatic carboxylic acids is 1. The molecule has 134 valence electrons. The normalized spacial score (nSPS) is 23.8. The van der Waals surface area contributed by atoms with Gasteiger partial charge in [-0.05, 0) is 37.5 Å². The molecule has 2 saturated heterocycles. The fourth-order valence-corrected chi connectivity index (χ4v) is 3.68. The minimum Gasteiger partial charge on any atom is -0.481 e. The molecule has 0 unspecified atom stereocenters. The summed E-state index contributed by atoms with van der Waals surface area (Å²) >= 11 is 6.14. The number of rotatable bonds is 3. The van der Waals surface area contributed by atoms with Crippen LogP contribution in [0, 0.1) is 18.8 Å². The number of carbonyl (C=O) groups excluding carboxylic acids is 2. The molecule has 2 fully saturated rings. The molecule has 2 aliphatic heterocycles. The van der Waals surface area contributed by atoms with Gasteiger partial charge in [0.15, 0.2) is 0 Å². The Labute approximate surface area is 151 Å². The summed E-state index contributed by atoms with van der Waals surface area (Å²) in [4.78, 5) is 39.5. The zero-order chi connectivity index (χ0) is 18.1. The smallest absolute Gasteiger partial charge is 0.308 e. The van der Waals surface area contributed by atoms with Crippen molar-refractivity contribution in [1.29, 1.82) is 0 Å². The Morgan fingerprint density at radius 1 is 1.24 bits per heavy atom. The van der Waals surface area contributed by atoms with Crippen LogP contribution in [-0.4, -0.2) is 47.4 Å². The molecule has 2 aliphatic rings. The predicted octanol–water partition coefficient (Wildman–Crippen LogP) is 2.32. The molecule has 0 saturated carbocycles. The maximum atomic E-state index is 12.7. The van der Waals surface area contributed by atoms with Crippen molar-refractivity contribution < 1.29 is 19.5 Å². The molecule has 0 bridgehead atoms. The maximum absolute atomic E-state index is 12.7. The number of benzene rings is 1. The summed E-state index contributed by atoms with van der Waals surface area (Å²) in [6.07, 6.45) is 1.43. The minimum atomic E-state index is -0.865. The van der Waals surface area contributed by atoms with Gasteiger partial charge >= 0.3 is 5.97 Å². The Bertz CT molecular complexity index is 721. The lowest BCUT2D eigenvalue weighted by molar-refractivity contribution is -0.146. The highest BCUT2D eigenvalue weighted by molar-refractivity contribution is 6.31. The standard InChI is InChI=1S/C18H21ClN2O4/c1-11-4-5-14(8-15(11)19)21-10-13(7-16(21)22)17(23)20-6-2-3-12(9-20)18(24)25/h4-5,8,12-13H,2-3,6-7,9-10H2,1H3,(H,24,25)/t12-,13-/m0/s1. The van der Waals surface area contributed by atoms with Gasteiger partial charge < -0.3 is 14.9 Å². The molecule has 0 aromatic heterocycles. The number of nitrogens with zero attached hydrogens (tertiary/aromatic N) is 2. The van der Waals surface area contributed by atoms with Gasteiger partial charge in [0, 0.05) is 36.8 Å². The second kappa shape index (κ2) is 7.04. The summed E-state index contributed by atoms with van der Waals surface area (Å²) in [6, 6.07) is 5.42. The Morgan fingerprint density at radius 3 is 2.68 bits per heavy atom. The van der Waals surface area contributed by atoms with Crippen LogP contribution in [0.25, 0.3) is 0 Å². The molecule has 0 radical (unpaired) electrons. The monoisotopic (exact) mass is 364 g/mol. The van der Waals surface area contributed by atoms with Crippen molar-refractivity contribution >= 4 is 35.1 Å². The minimum absolute atomic E-state index is 0.106. The van der Waals surface area contributed by atoms with Gasteiger partial charge in [-0.1, -0.05) is 17.7 Å². The van der Waals surface area contributed by atoms with Gasteiger partial charge in [-0.2, -0.15) is 0 Å². The first-order valence-corrected chi connectivity index (χ1v) is 8.82. The molecule has 7 heteroatoms.